The Labute approximate surface area is 85.1 Å². The Hall–Kier alpha value is -0.0156. The summed E-state index contributed by atoms with van der Waals surface area (Å²) in [7, 11) is -0.0666. The van der Waals surface area contributed by atoms with E-state index in [0.717, 1.165) is 13.2 Å². The maximum absolute atomic E-state index is 5.66. The molecule has 0 bridgehead atoms. The van der Waals surface area contributed by atoms with Crippen LogP contribution in [0.1, 0.15) is 13.8 Å². The Kier molecular flexibility index (Phi) is 2.66. The Bertz CT molecular complexity index is 261. The monoisotopic (exact) mass is 244 g/mol. The van der Waals surface area contributed by atoms with E-state index in [0.29, 0.717) is 14.5 Å². The van der Waals surface area contributed by atoms with E-state index in [-0.39, 0.29) is 12.5 Å². The maximum atomic E-state index is 5.66. The second-order valence-electron chi connectivity index (χ2n) is 4.13. The topological polar surface area (TPSA) is 18.5 Å². The molecule has 1 fully saturated rings. The Morgan fingerprint density at radius 2 is 2.08 bits per heavy atom. The van der Waals surface area contributed by atoms with Gasteiger partial charge in [-0.1, -0.05) is 0 Å². The first-order valence-corrected chi connectivity index (χ1v) is 6.29. The van der Waals surface area contributed by atoms with Crippen molar-refractivity contribution < 1.29 is 9.31 Å². The normalized spacial score (nSPS) is 21.8. The van der Waals surface area contributed by atoms with E-state index in [9.17, 15) is 0 Å². The summed E-state index contributed by atoms with van der Waals surface area (Å²) < 4.78 is 12.6. The van der Waals surface area contributed by atoms with Gasteiger partial charge in [0, 0.05) is 0 Å². The molecule has 4 heteroatoms. The second-order valence-corrected chi connectivity index (χ2v) is 6.19. The fourth-order valence-electron chi connectivity index (χ4n) is 1.28. The molecule has 1 aliphatic rings. The summed E-state index contributed by atoms with van der Waals surface area (Å²) in [6, 6.07) is 4.20. The van der Waals surface area contributed by atoms with Crippen LogP contribution in [0.5, 0.6) is 0 Å². The van der Waals surface area contributed by atoms with Crippen LogP contribution in [-0.4, -0.2) is 34.8 Å². The van der Waals surface area contributed by atoms with E-state index in [4.69, 9.17) is 9.31 Å². The Morgan fingerprint density at radius 1 is 1.38 bits per heavy atom. The Morgan fingerprint density at radius 3 is 2.62 bits per heavy atom. The van der Waals surface area contributed by atoms with Gasteiger partial charge in [-0.05, 0) is 0 Å². The summed E-state index contributed by atoms with van der Waals surface area (Å²) in [6.45, 7) is 5.92. The Balaban J connectivity index is 1.99. The molecule has 1 aromatic rings. The number of hydrogen-bond donors (Lipinski definition) is 0. The molecule has 0 radical (unpaired) electrons. The third-order valence-corrected chi connectivity index (χ3v) is 3.90. The summed E-state index contributed by atoms with van der Waals surface area (Å²) >= 11 is 0.451. The quantitative estimate of drug-likeness (QED) is 0.669. The summed E-state index contributed by atoms with van der Waals surface area (Å²) in [4.78, 5) is 2.19. The van der Waals surface area contributed by atoms with Crippen LogP contribution in [-0.2, 0) is 9.31 Å². The van der Waals surface area contributed by atoms with Crippen LogP contribution >= 0.6 is 0 Å². The minimum atomic E-state index is -0.0666. The van der Waals surface area contributed by atoms with Gasteiger partial charge < -0.3 is 0 Å². The van der Waals surface area contributed by atoms with Gasteiger partial charge in [-0.15, -0.1) is 0 Å². The molecular formula is C9H13BO2Se. The second kappa shape index (κ2) is 3.62. The fourth-order valence-corrected chi connectivity index (χ4v) is 2.79. The van der Waals surface area contributed by atoms with Crippen LogP contribution in [0.15, 0.2) is 17.1 Å². The van der Waals surface area contributed by atoms with Crippen LogP contribution in [0.25, 0.3) is 0 Å². The van der Waals surface area contributed by atoms with Gasteiger partial charge in [-0.2, -0.15) is 0 Å². The van der Waals surface area contributed by atoms with Crippen LogP contribution in [0.3, 0.4) is 0 Å². The van der Waals surface area contributed by atoms with Crippen molar-refractivity contribution in [1.29, 1.82) is 0 Å². The number of rotatable bonds is 1. The molecule has 70 valence electrons. The summed E-state index contributed by atoms with van der Waals surface area (Å²) in [5, 5.41) is 0. The van der Waals surface area contributed by atoms with E-state index < -0.39 is 0 Å². The van der Waals surface area contributed by atoms with Crippen molar-refractivity contribution >= 4 is 26.0 Å². The van der Waals surface area contributed by atoms with Crippen LogP contribution in [0, 0.1) is 5.41 Å². The average Bonchev–Trinajstić information content (AvgIpc) is 2.56. The van der Waals surface area contributed by atoms with Crippen LogP contribution in [0.4, 0.5) is 0 Å². The van der Waals surface area contributed by atoms with Gasteiger partial charge in [-0.3, -0.25) is 0 Å². The molecule has 2 nitrogen and oxygen atoms in total. The molecule has 0 atom stereocenters. The molecule has 0 unspecified atom stereocenters. The summed E-state index contributed by atoms with van der Waals surface area (Å²) in [5.41, 5.74) is 0.177. The van der Waals surface area contributed by atoms with E-state index in [2.05, 4.69) is 30.9 Å². The molecule has 1 aromatic heterocycles. The number of hydrogen-bond acceptors (Lipinski definition) is 2. The molecule has 1 saturated heterocycles. The molecule has 2 heterocycles. The van der Waals surface area contributed by atoms with E-state index >= 15 is 0 Å². The third kappa shape index (κ3) is 2.26. The van der Waals surface area contributed by atoms with E-state index in [1.54, 1.807) is 0 Å². The predicted molar refractivity (Wildman–Crippen MR) is 54.5 cm³/mol. The van der Waals surface area contributed by atoms with Gasteiger partial charge in [0.2, 0.25) is 0 Å². The van der Waals surface area contributed by atoms with Gasteiger partial charge in [0.05, 0.1) is 0 Å². The molecule has 2 rings (SSSR count). The van der Waals surface area contributed by atoms with Gasteiger partial charge in [0.25, 0.3) is 0 Å². The molecule has 1 aliphatic heterocycles. The zero-order chi connectivity index (χ0) is 9.31. The van der Waals surface area contributed by atoms with Crippen molar-refractivity contribution in [3.05, 3.63) is 17.1 Å². The fraction of sp³-hybridized carbons (Fsp3) is 0.556. The molecule has 0 aromatic carbocycles. The average molecular weight is 243 g/mol. The summed E-state index contributed by atoms with van der Waals surface area (Å²) in [6.07, 6.45) is 0. The van der Waals surface area contributed by atoms with E-state index in [1.807, 2.05) is 0 Å². The first kappa shape index (κ1) is 9.54. The van der Waals surface area contributed by atoms with Gasteiger partial charge in [0.15, 0.2) is 0 Å². The van der Waals surface area contributed by atoms with E-state index in [1.165, 1.54) is 4.34 Å². The van der Waals surface area contributed by atoms with Gasteiger partial charge in [0.1, 0.15) is 0 Å². The predicted octanol–water partition coefficient (Wildman–Crippen LogP) is 0.512. The molecule has 13 heavy (non-hydrogen) atoms. The minimum absolute atomic E-state index is 0.0666. The van der Waals surface area contributed by atoms with Crippen molar-refractivity contribution in [3.8, 4) is 0 Å². The first-order chi connectivity index (χ1) is 6.17. The van der Waals surface area contributed by atoms with Crippen LogP contribution in [0.2, 0.25) is 0 Å². The molecule has 0 spiro atoms. The van der Waals surface area contributed by atoms with Crippen molar-refractivity contribution in [1.82, 2.24) is 0 Å². The van der Waals surface area contributed by atoms with Gasteiger partial charge in [-0.25, -0.2) is 0 Å². The molecule has 0 N–H and O–H groups in total. The third-order valence-electron chi connectivity index (χ3n) is 2.03. The first-order valence-electron chi connectivity index (χ1n) is 4.44. The van der Waals surface area contributed by atoms with Crippen molar-refractivity contribution in [2.45, 2.75) is 13.8 Å². The molecular weight excluding hydrogens is 230 g/mol. The molecule has 0 saturated carbocycles. The zero-order valence-electron chi connectivity index (χ0n) is 7.95. The van der Waals surface area contributed by atoms with Crippen molar-refractivity contribution in [3.63, 3.8) is 0 Å². The van der Waals surface area contributed by atoms with Crippen LogP contribution < -0.4 is 4.34 Å². The standard InChI is InChI=1S/C9H13BO2Se/c1-9(2)6-11-10(12-7-9)8-4-3-5-13-8/h3-5H,6-7H2,1-2H3. The van der Waals surface area contributed by atoms with Crippen molar-refractivity contribution in [2.75, 3.05) is 13.2 Å². The zero-order valence-corrected chi connectivity index (χ0v) is 9.66. The molecule has 0 amide bonds. The van der Waals surface area contributed by atoms with Crippen molar-refractivity contribution in [2.24, 2.45) is 5.41 Å². The summed E-state index contributed by atoms with van der Waals surface area (Å²) in [5.74, 6) is 0. The van der Waals surface area contributed by atoms with Gasteiger partial charge >= 0.3 is 84.8 Å². The SMILES string of the molecule is CC1(C)COB(c2ccc[se]2)OC1. The molecule has 0 aliphatic carbocycles.